The van der Waals surface area contributed by atoms with E-state index in [1.165, 1.54) is 0 Å². The van der Waals surface area contributed by atoms with Crippen molar-refractivity contribution in [3.05, 3.63) is 46.1 Å². The number of carbonyl (C=O) groups is 3. The summed E-state index contributed by atoms with van der Waals surface area (Å²) in [4.78, 5) is 35.7. The average molecular weight is 367 g/mol. The maximum Gasteiger partial charge on any atom is 0.338 e. The largest absolute Gasteiger partial charge is 0.463 e. The highest BCUT2D eigenvalue weighted by Crippen LogP contribution is 2.15. The van der Waals surface area contributed by atoms with Crippen LogP contribution in [0.3, 0.4) is 0 Å². The minimum Gasteiger partial charge on any atom is -0.463 e. The lowest BCUT2D eigenvalue weighted by atomic mass is 10.0. The summed E-state index contributed by atoms with van der Waals surface area (Å²) in [5.74, 6) is -1.05. The van der Waals surface area contributed by atoms with Crippen molar-refractivity contribution in [2.24, 2.45) is 0 Å². The van der Waals surface area contributed by atoms with Crippen LogP contribution in [-0.2, 0) is 25.5 Å². The third-order valence-electron chi connectivity index (χ3n) is 3.50. The van der Waals surface area contributed by atoms with Gasteiger partial charge in [-0.15, -0.1) is 0 Å². The van der Waals surface area contributed by atoms with Crippen molar-refractivity contribution in [2.75, 3.05) is 13.2 Å². The second kappa shape index (κ2) is 8.53. The first-order chi connectivity index (χ1) is 11.9. The van der Waals surface area contributed by atoms with E-state index in [0.717, 1.165) is 5.56 Å². The second-order valence-electron chi connectivity index (χ2n) is 5.40. The Morgan fingerprint density at radius 1 is 1.20 bits per heavy atom. The number of amides is 2. The number of hydrogen-bond acceptors (Lipinski definition) is 5. The van der Waals surface area contributed by atoms with Gasteiger partial charge in [0.15, 0.2) is 0 Å². The minimum atomic E-state index is -0.564. The number of rotatable bonds is 6. The molecule has 0 fully saturated rings. The molecular weight excluding hydrogens is 348 g/mol. The van der Waals surface area contributed by atoms with Crippen LogP contribution in [0.4, 0.5) is 4.79 Å². The maximum absolute atomic E-state index is 12.1. The molecule has 134 valence electrons. The summed E-state index contributed by atoms with van der Waals surface area (Å²) < 4.78 is 10.2. The van der Waals surface area contributed by atoms with Gasteiger partial charge < -0.3 is 20.1 Å². The van der Waals surface area contributed by atoms with Crippen LogP contribution < -0.4 is 10.6 Å². The van der Waals surface area contributed by atoms with Gasteiger partial charge in [0, 0.05) is 5.02 Å². The van der Waals surface area contributed by atoms with Gasteiger partial charge in [-0.25, -0.2) is 9.59 Å². The molecule has 1 atom stereocenters. The standard InChI is InChI=1S/C17H19ClN2O5/c1-3-24-16(22)15-10(2)19-17(23)20-13(15)9-25-14(21)8-11-4-6-12(18)7-5-11/h4-7,10H,3,8-9H2,1-2H3,(H2,19,20,23). The predicted octanol–water partition coefficient (Wildman–Crippen LogP) is 1.94. The molecule has 0 aliphatic carbocycles. The minimum absolute atomic E-state index is 0.0565. The van der Waals surface area contributed by atoms with E-state index < -0.39 is 24.0 Å². The third-order valence-corrected chi connectivity index (χ3v) is 3.76. The van der Waals surface area contributed by atoms with Gasteiger partial charge in [0.05, 0.1) is 30.3 Å². The van der Waals surface area contributed by atoms with E-state index in [1.54, 1.807) is 38.1 Å². The number of urea groups is 1. The molecule has 0 saturated carbocycles. The number of benzene rings is 1. The Morgan fingerprint density at radius 3 is 2.52 bits per heavy atom. The molecule has 0 bridgehead atoms. The quantitative estimate of drug-likeness (QED) is 0.750. The molecule has 8 heteroatoms. The SMILES string of the molecule is CCOC(=O)C1=C(COC(=O)Cc2ccc(Cl)cc2)NC(=O)NC1C. The van der Waals surface area contributed by atoms with E-state index >= 15 is 0 Å². The van der Waals surface area contributed by atoms with E-state index in [0.29, 0.717) is 5.02 Å². The summed E-state index contributed by atoms with van der Waals surface area (Å²) in [7, 11) is 0. The summed E-state index contributed by atoms with van der Waals surface area (Å²) in [5.41, 5.74) is 1.21. The zero-order valence-electron chi connectivity index (χ0n) is 13.9. The van der Waals surface area contributed by atoms with Gasteiger partial charge in [0.25, 0.3) is 0 Å². The smallest absolute Gasteiger partial charge is 0.338 e. The topological polar surface area (TPSA) is 93.7 Å². The fourth-order valence-corrected chi connectivity index (χ4v) is 2.49. The second-order valence-corrected chi connectivity index (χ2v) is 5.83. The molecule has 1 aromatic carbocycles. The molecule has 1 aliphatic heterocycles. The monoisotopic (exact) mass is 366 g/mol. The molecule has 2 N–H and O–H groups in total. The van der Waals surface area contributed by atoms with Crippen LogP contribution in [0.15, 0.2) is 35.5 Å². The lowest BCUT2D eigenvalue weighted by molar-refractivity contribution is -0.143. The van der Waals surface area contributed by atoms with E-state index in [9.17, 15) is 14.4 Å². The summed E-state index contributed by atoms with van der Waals surface area (Å²) in [6.45, 7) is 3.31. The highest BCUT2D eigenvalue weighted by atomic mass is 35.5. The highest BCUT2D eigenvalue weighted by Gasteiger charge is 2.30. The highest BCUT2D eigenvalue weighted by molar-refractivity contribution is 6.30. The first kappa shape index (κ1) is 18.8. The average Bonchev–Trinajstić information content (AvgIpc) is 2.54. The number of carbonyl (C=O) groups excluding carboxylic acids is 3. The fraction of sp³-hybridized carbons (Fsp3) is 0.353. The summed E-state index contributed by atoms with van der Waals surface area (Å²) in [6.07, 6.45) is 0.0565. The van der Waals surface area contributed by atoms with Crippen molar-refractivity contribution in [1.82, 2.24) is 10.6 Å². The zero-order chi connectivity index (χ0) is 18.4. The lowest BCUT2D eigenvalue weighted by Gasteiger charge is -2.26. The van der Waals surface area contributed by atoms with Crippen molar-refractivity contribution in [1.29, 1.82) is 0 Å². The molecule has 0 spiro atoms. The van der Waals surface area contributed by atoms with Crippen molar-refractivity contribution in [3.8, 4) is 0 Å². The van der Waals surface area contributed by atoms with Crippen LogP contribution in [0, 0.1) is 0 Å². The van der Waals surface area contributed by atoms with Crippen LogP contribution >= 0.6 is 11.6 Å². The Morgan fingerprint density at radius 2 is 1.88 bits per heavy atom. The molecule has 1 aromatic rings. The van der Waals surface area contributed by atoms with Crippen LogP contribution in [0.5, 0.6) is 0 Å². The van der Waals surface area contributed by atoms with Crippen molar-refractivity contribution >= 4 is 29.6 Å². The Hall–Kier alpha value is -2.54. The number of hydrogen-bond donors (Lipinski definition) is 2. The molecular formula is C17H19ClN2O5. The number of halogens is 1. The third kappa shape index (κ3) is 5.22. The molecule has 25 heavy (non-hydrogen) atoms. The molecule has 2 amide bonds. The van der Waals surface area contributed by atoms with Crippen molar-refractivity contribution in [2.45, 2.75) is 26.3 Å². The van der Waals surface area contributed by atoms with Gasteiger partial charge in [0.1, 0.15) is 6.61 Å². The lowest BCUT2D eigenvalue weighted by Crippen LogP contribution is -2.50. The number of nitrogens with one attached hydrogen (secondary N) is 2. The Bertz CT molecular complexity index is 699. The first-order valence-corrected chi connectivity index (χ1v) is 8.16. The fourth-order valence-electron chi connectivity index (χ4n) is 2.37. The summed E-state index contributed by atoms with van der Waals surface area (Å²) in [5, 5.41) is 5.64. The van der Waals surface area contributed by atoms with E-state index in [4.69, 9.17) is 21.1 Å². The zero-order valence-corrected chi connectivity index (χ0v) is 14.7. The van der Waals surface area contributed by atoms with Crippen LogP contribution in [0.1, 0.15) is 19.4 Å². The molecule has 1 heterocycles. The van der Waals surface area contributed by atoms with Gasteiger partial charge >= 0.3 is 18.0 Å². The number of ether oxygens (including phenoxy) is 2. The molecule has 0 radical (unpaired) electrons. The Balaban J connectivity index is 2.05. The van der Waals surface area contributed by atoms with Crippen molar-refractivity contribution < 1.29 is 23.9 Å². The van der Waals surface area contributed by atoms with Crippen LogP contribution in [0.2, 0.25) is 5.02 Å². The van der Waals surface area contributed by atoms with Gasteiger partial charge in [-0.05, 0) is 31.5 Å². The van der Waals surface area contributed by atoms with Gasteiger partial charge in [0.2, 0.25) is 0 Å². The molecule has 1 unspecified atom stereocenters. The van der Waals surface area contributed by atoms with Gasteiger partial charge in [-0.3, -0.25) is 4.79 Å². The first-order valence-electron chi connectivity index (χ1n) is 7.78. The summed E-state index contributed by atoms with van der Waals surface area (Å²) in [6, 6.07) is 5.80. The van der Waals surface area contributed by atoms with Crippen molar-refractivity contribution in [3.63, 3.8) is 0 Å². The summed E-state index contributed by atoms with van der Waals surface area (Å²) >= 11 is 5.80. The van der Waals surface area contributed by atoms with Crippen LogP contribution in [-0.4, -0.2) is 37.2 Å². The molecule has 0 aromatic heterocycles. The molecule has 2 rings (SSSR count). The molecule has 7 nitrogen and oxygen atoms in total. The maximum atomic E-state index is 12.1. The normalized spacial score (nSPS) is 16.8. The molecule has 1 aliphatic rings. The predicted molar refractivity (Wildman–Crippen MR) is 90.9 cm³/mol. The Labute approximate surface area is 150 Å². The van der Waals surface area contributed by atoms with E-state index in [1.807, 2.05) is 0 Å². The van der Waals surface area contributed by atoms with Gasteiger partial charge in [-0.2, -0.15) is 0 Å². The van der Waals surface area contributed by atoms with E-state index in [2.05, 4.69) is 10.6 Å². The number of esters is 2. The van der Waals surface area contributed by atoms with Gasteiger partial charge in [-0.1, -0.05) is 23.7 Å². The Kier molecular flexibility index (Phi) is 6.41. The van der Waals surface area contributed by atoms with Crippen LogP contribution in [0.25, 0.3) is 0 Å². The van der Waals surface area contributed by atoms with E-state index in [-0.39, 0.29) is 30.9 Å². The molecule has 0 saturated heterocycles.